The van der Waals surface area contributed by atoms with Gasteiger partial charge in [-0.15, -0.1) is 0 Å². The maximum absolute atomic E-state index is 5.47. The van der Waals surface area contributed by atoms with Crippen molar-refractivity contribution in [1.29, 1.82) is 0 Å². The number of nitrogens with zero attached hydrogens (tertiary/aromatic N) is 2. The molecule has 1 aromatic rings. The van der Waals surface area contributed by atoms with Gasteiger partial charge in [0.25, 0.3) is 0 Å². The van der Waals surface area contributed by atoms with Gasteiger partial charge in [-0.3, -0.25) is 0 Å². The molecule has 5 atom stereocenters. The first-order chi connectivity index (χ1) is 8.69. The lowest BCUT2D eigenvalue weighted by Crippen LogP contribution is -2.27. The first kappa shape index (κ1) is 12.2. The van der Waals surface area contributed by atoms with E-state index in [1.165, 1.54) is 25.7 Å². The van der Waals surface area contributed by atoms with Gasteiger partial charge in [-0.1, -0.05) is 18.5 Å². The second-order valence-corrected chi connectivity index (χ2v) is 6.14. The van der Waals surface area contributed by atoms with Crippen LogP contribution in [0.4, 0.5) is 0 Å². The molecule has 1 aromatic heterocycles. The van der Waals surface area contributed by atoms with Gasteiger partial charge < -0.3 is 9.84 Å². The fraction of sp³-hybridized carbons (Fsp3) is 0.857. The molecule has 3 rings (SSSR count). The highest BCUT2D eigenvalue weighted by Gasteiger charge is 2.42. The van der Waals surface area contributed by atoms with Crippen LogP contribution in [0.3, 0.4) is 0 Å². The van der Waals surface area contributed by atoms with E-state index in [1.54, 1.807) is 0 Å². The molecule has 0 spiro atoms. The van der Waals surface area contributed by atoms with E-state index >= 15 is 0 Å². The Hall–Kier alpha value is -0.900. The molecule has 5 unspecified atom stereocenters. The van der Waals surface area contributed by atoms with Crippen LogP contribution in [0.25, 0.3) is 0 Å². The zero-order chi connectivity index (χ0) is 12.7. The molecule has 2 aliphatic carbocycles. The molecule has 0 radical (unpaired) electrons. The Bertz CT molecular complexity index is 417. The minimum atomic E-state index is 0.273. The largest absolute Gasteiger partial charge is 0.339 e. The Morgan fingerprint density at radius 2 is 2.11 bits per heavy atom. The Morgan fingerprint density at radius 1 is 1.28 bits per heavy atom. The van der Waals surface area contributed by atoms with E-state index < -0.39 is 0 Å². The summed E-state index contributed by atoms with van der Waals surface area (Å²) in [6.07, 6.45) is 5.44. The predicted molar refractivity (Wildman–Crippen MR) is 69.4 cm³/mol. The SMILES string of the molecule is CNC(C)C(C)c1nc(C2CC3CCC2C3)no1. The van der Waals surface area contributed by atoms with Gasteiger partial charge in [0.15, 0.2) is 5.82 Å². The average Bonchev–Trinajstić information content (AvgIpc) is 3.10. The highest BCUT2D eigenvalue weighted by molar-refractivity contribution is 5.07. The number of rotatable bonds is 4. The summed E-state index contributed by atoms with van der Waals surface area (Å²) in [4.78, 5) is 4.66. The van der Waals surface area contributed by atoms with E-state index in [9.17, 15) is 0 Å². The zero-order valence-electron chi connectivity index (χ0n) is 11.5. The number of hydrogen-bond donors (Lipinski definition) is 1. The second kappa shape index (κ2) is 4.65. The molecule has 2 fully saturated rings. The van der Waals surface area contributed by atoms with E-state index in [4.69, 9.17) is 4.52 Å². The van der Waals surface area contributed by atoms with Crippen molar-refractivity contribution in [3.63, 3.8) is 0 Å². The maximum Gasteiger partial charge on any atom is 0.231 e. The van der Waals surface area contributed by atoms with Crippen molar-refractivity contribution in [2.24, 2.45) is 11.8 Å². The van der Waals surface area contributed by atoms with Crippen molar-refractivity contribution in [3.8, 4) is 0 Å². The molecular weight excluding hydrogens is 226 g/mol. The third-order valence-corrected chi connectivity index (χ3v) is 5.12. The first-order valence-corrected chi connectivity index (χ1v) is 7.19. The van der Waals surface area contributed by atoms with Crippen molar-refractivity contribution >= 4 is 0 Å². The van der Waals surface area contributed by atoms with E-state index in [-0.39, 0.29) is 5.92 Å². The lowest BCUT2D eigenvalue weighted by molar-refractivity contribution is 0.325. The summed E-state index contributed by atoms with van der Waals surface area (Å²) >= 11 is 0. The van der Waals surface area contributed by atoms with Crippen molar-refractivity contribution in [1.82, 2.24) is 15.5 Å². The summed E-state index contributed by atoms with van der Waals surface area (Å²) < 4.78 is 5.47. The molecule has 100 valence electrons. The average molecular weight is 249 g/mol. The van der Waals surface area contributed by atoms with Crippen LogP contribution in [0.15, 0.2) is 4.52 Å². The van der Waals surface area contributed by atoms with E-state index in [0.717, 1.165) is 23.6 Å². The van der Waals surface area contributed by atoms with E-state index in [0.29, 0.717) is 12.0 Å². The van der Waals surface area contributed by atoms with Gasteiger partial charge in [0.05, 0.1) is 5.92 Å². The van der Waals surface area contributed by atoms with Crippen molar-refractivity contribution in [2.75, 3.05) is 7.05 Å². The number of hydrogen-bond acceptors (Lipinski definition) is 4. The fourth-order valence-electron chi connectivity index (χ4n) is 3.61. The van der Waals surface area contributed by atoms with Crippen molar-refractivity contribution in [3.05, 3.63) is 11.7 Å². The van der Waals surface area contributed by atoms with Crippen LogP contribution in [0.5, 0.6) is 0 Å². The monoisotopic (exact) mass is 249 g/mol. The Labute approximate surface area is 109 Å². The smallest absolute Gasteiger partial charge is 0.231 e. The molecule has 0 amide bonds. The summed E-state index contributed by atoms with van der Waals surface area (Å²) in [5.74, 6) is 4.34. The molecule has 0 aliphatic heterocycles. The summed E-state index contributed by atoms with van der Waals surface area (Å²) in [6, 6.07) is 0.360. The van der Waals surface area contributed by atoms with Crippen molar-refractivity contribution < 1.29 is 4.52 Å². The van der Waals surface area contributed by atoms with Crippen LogP contribution in [0.1, 0.15) is 63.1 Å². The molecule has 18 heavy (non-hydrogen) atoms. The molecule has 0 saturated heterocycles. The normalized spacial score (nSPS) is 33.8. The lowest BCUT2D eigenvalue weighted by Gasteiger charge is -2.18. The standard InChI is InChI=1S/C14H23N3O/c1-8(9(2)15-3)14-16-13(17-18-14)12-7-10-4-5-11(12)6-10/h8-12,15H,4-7H2,1-3H3. The van der Waals surface area contributed by atoms with Crippen LogP contribution >= 0.6 is 0 Å². The third kappa shape index (κ3) is 1.96. The molecule has 1 heterocycles. The molecule has 4 nitrogen and oxygen atoms in total. The van der Waals surface area contributed by atoms with Gasteiger partial charge in [-0.25, -0.2) is 0 Å². The summed E-state index contributed by atoms with van der Waals surface area (Å²) in [7, 11) is 1.97. The Kier molecular flexibility index (Phi) is 3.14. The number of likely N-dealkylation sites (N-methyl/N-ethyl adjacent to an activating group) is 1. The van der Waals surface area contributed by atoms with Gasteiger partial charge in [-0.2, -0.15) is 4.98 Å². The van der Waals surface area contributed by atoms with Gasteiger partial charge in [-0.05, 0) is 45.1 Å². The quantitative estimate of drug-likeness (QED) is 0.891. The maximum atomic E-state index is 5.47. The molecule has 2 aliphatic rings. The third-order valence-electron chi connectivity index (χ3n) is 5.12. The highest BCUT2D eigenvalue weighted by Crippen LogP contribution is 2.52. The minimum Gasteiger partial charge on any atom is -0.339 e. The molecule has 2 saturated carbocycles. The summed E-state index contributed by atoms with van der Waals surface area (Å²) in [5, 5.41) is 7.48. The van der Waals surface area contributed by atoms with Crippen molar-refractivity contribution in [2.45, 2.75) is 57.4 Å². The van der Waals surface area contributed by atoms with Crippen LogP contribution in [-0.4, -0.2) is 23.2 Å². The molecular formula is C14H23N3O. The van der Waals surface area contributed by atoms with E-state index in [1.807, 2.05) is 7.05 Å². The zero-order valence-corrected chi connectivity index (χ0v) is 11.5. The van der Waals surface area contributed by atoms with Gasteiger partial charge in [0.1, 0.15) is 0 Å². The second-order valence-electron chi connectivity index (χ2n) is 6.14. The molecule has 0 aromatic carbocycles. The molecule has 2 bridgehead atoms. The van der Waals surface area contributed by atoms with Gasteiger partial charge in [0, 0.05) is 12.0 Å². The molecule has 4 heteroatoms. The number of fused-ring (bicyclic) bond motifs is 2. The molecule has 1 N–H and O–H groups in total. The summed E-state index contributed by atoms with van der Waals surface area (Å²) in [6.45, 7) is 4.28. The Balaban J connectivity index is 1.74. The fourth-order valence-corrected chi connectivity index (χ4v) is 3.61. The van der Waals surface area contributed by atoms with Gasteiger partial charge >= 0.3 is 0 Å². The van der Waals surface area contributed by atoms with E-state index in [2.05, 4.69) is 29.3 Å². The predicted octanol–water partition coefficient (Wildman–Crippen LogP) is 2.68. The number of nitrogens with one attached hydrogen (secondary N) is 1. The van der Waals surface area contributed by atoms with Crippen LogP contribution in [0, 0.1) is 11.8 Å². The van der Waals surface area contributed by atoms with Crippen LogP contribution in [-0.2, 0) is 0 Å². The highest BCUT2D eigenvalue weighted by atomic mass is 16.5. The van der Waals surface area contributed by atoms with Crippen LogP contribution < -0.4 is 5.32 Å². The number of aromatic nitrogens is 2. The van der Waals surface area contributed by atoms with Gasteiger partial charge in [0.2, 0.25) is 5.89 Å². The first-order valence-electron chi connectivity index (χ1n) is 7.19. The lowest BCUT2D eigenvalue weighted by atomic mass is 9.88. The minimum absolute atomic E-state index is 0.273. The Morgan fingerprint density at radius 3 is 2.72 bits per heavy atom. The van der Waals surface area contributed by atoms with Crippen LogP contribution in [0.2, 0.25) is 0 Å². The summed E-state index contributed by atoms with van der Waals surface area (Å²) in [5.41, 5.74) is 0. The topological polar surface area (TPSA) is 51.0 Å².